The van der Waals surface area contributed by atoms with Gasteiger partial charge in [-0.15, -0.1) is 0 Å². The number of nitrogens with zero attached hydrogens (tertiary/aromatic N) is 1. The molecule has 0 spiro atoms. The molecular weight excluding hydrogens is 489 g/mol. The van der Waals surface area contributed by atoms with Crippen LogP contribution in [0.1, 0.15) is 32.6 Å². The smallest absolute Gasteiger partial charge is 0.232 e. The Morgan fingerprint density at radius 3 is 2.60 bits per heavy atom. The van der Waals surface area contributed by atoms with E-state index in [9.17, 15) is 4.79 Å². The number of aryl methyl sites for hydroxylation is 1. The van der Waals surface area contributed by atoms with E-state index in [-0.39, 0.29) is 11.5 Å². The summed E-state index contributed by atoms with van der Waals surface area (Å²) >= 11 is 12.3. The van der Waals surface area contributed by atoms with Gasteiger partial charge >= 0.3 is 0 Å². The summed E-state index contributed by atoms with van der Waals surface area (Å²) in [7, 11) is 3.23. The van der Waals surface area contributed by atoms with Gasteiger partial charge in [0.25, 0.3) is 0 Å². The lowest BCUT2D eigenvalue weighted by atomic mass is 9.98. The van der Waals surface area contributed by atoms with E-state index in [4.69, 9.17) is 42.1 Å². The summed E-state index contributed by atoms with van der Waals surface area (Å²) in [5.74, 6) is 2.66. The van der Waals surface area contributed by atoms with Crippen LogP contribution in [0.2, 0.25) is 10.0 Å². The molecular formula is C27H23Cl2NO5. The lowest BCUT2D eigenvalue weighted by molar-refractivity contribution is 0.0871. The molecule has 0 saturated carbocycles. The average molecular weight is 512 g/mol. The number of hydrogen-bond donors (Lipinski definition) is 0. The molecule has 0 fully saturated rings. The van der Waals surface area contributed by atoms with Crippen molar-refractivity contribution in [2.75, 3.05) is 21.0 Å². The Kier molecular flexibility index (Phi) is 6.36. The maximum absolute atomic E-state index is 13.2. The second-order valence-corrected chi connectivity index (χ2v) is 9.27. The Labute approximate surface area is 213 Å². The quantitative estimate of drug-likeness (QED) is 0.375. The molecule has 2 aliphatic rings. The van der Waals surface area contributed by atoms with Gasteiger partial charge in [-0.05, 0) is 60.0 Å². The Hall–Kier alpha value is -3.19. The highest BCUT2D eigenvalue weighted by molar-refractivity contribution is 6.35. The highest BCUT2D eigenvalue weighted by Crippen LogP contribution is 2.44. The van der Waals surface area contributed by atoms with E-state index >= 15 is 0 Å². The zero-order valence-electron chi connectivity index (χ0n) is 19.5. The molecule has 0 saturated heterocycles. The Morgan fingerprint density at radius 2 is 1.86 bits per heavy atom. The number of carbonyl (C=O) groups is 1. The molecule has 2 heterocycles. The Morgan fingerprint density at radius 1 is 1.06 bits per heavy atom. The van der Waals surface area contributed by atoms with Gasteiger partial charge in [0.15, 0.2) is 17.3 Å². The number of halogens is 2. The molecule has 6 nitrogen and oxygen atoms in total. The minimum atomic E-state index is -0.177. The van der Waals surface area contributed by atoms with Crippen molar-refractivity contribution in [1.82, 2.24) is 4.90 Å². The van der Waals surface area contributed by atoms with Gasteiger partial charge in [-0.3, -0.25) is 9.69 Å². The first kappa shape index (κ1) is 23.5. The molecule has 0 unspecified atom stereocenters. The number of ketones is 1. The zero-order chi connectivity index (χ0) is 24.7. The fourth-order valence-electron chi connectivity index (χ4n) is 4.37. The second kappa shape index (κ2) is 9.46. The third-order valence-corrected chi connectivity index (χ3v) is 6.65. The monoisotopic (exact) mass is 511 g/mol. The first-order valence-corrected chi connectivity index (χ1v) is 11.8. The summed E-state index contributed by atoms with van der Waals surface area (Å²) in [6, 6.07) is 12.8. The fraction of sp³-hybridized carbons (Fsp3) is 0.222. The standard InChI is InChI=1S/C27H23Cl2NO5/c1-15-8-22-19(13-30(14-34-22)12-16-4-7-21(32-2)23(9-16)33-3)27-25(15)26(31)24(35-27)10-17-5-6-18(28)11-20(17)29/h4-11H,12-14H2,1-3H3/b24-10-. The van der Waals surface area contributed by atoms with Crippen molar-refractivity contribution in [1.29, 1.82) is 0 Å². The number of hydrogen-bond acceptors (Lipinski definition) is 6. The molecule has 0 bridgehead atoms. The van der Waals surface area contributed by atoms with Crippen LogP contribution < -0.4 is 18.9 Å². The molecule has 0 amide bonds. The second-order valence-electron chi connectivity index (χ2n) is 8.43. The molecule has 0 N–H and O–H groups in total. The molecule has 3 aromatic carbocycles. The molecule has 180 valence electrons. The van der Waals surface area contributed by atoms with Crippen molar-refractivity contribution in [2.24, 2.45) is 0 Å². The lowest BCUT2D eigenvalue weighted by Gasteiger charge is -2.30. The predicted octanol–water partition coefficient (Wildman–Crippen LogP) is 6.29. The molecule has 0 aromatic heterocycles. The normalized spacial score (nSPS) is 15.9. The van der Waals surface area contributed by atoms with Crippen molar-refractivity contribution in [3.05, 3.63) is 86.1 Å². The van der Waals surface area contributed by atoms with Gasteiger partial charge in [0.1, 0.15) is 18.2 Å². The Balaban J connectivity index is 1.44. The van der Waals surface area contributed by atoms with Crippen LogP contribution in [0.15, 0.2) is 48.2 Å². The van der Waals surface area contributed by atoms with Crippen LogP contribution in [0.3, 0.4) is 0 Å². The fourth-order valence-corrected chi connectivity index (χ4v) is 4.84. The van der Waals surface area contributed by atoms with E-state index in [1.54, 1.807) is 38.5 Å². The molecule has 5 rings (SSSR count). The number of carbonyl (C=O) groups excluding carboxylic acids is 1. The van der Waals surface area contributed by atoms with Gasteiger partial charge < -0.3 is 18.9 Å². The minimum Gasteiger partial charge on any atom is -0.493 e. The molecule has 0 atom stereocenters. The van der Waals surface area contributed by atoms with Crippen LogP contribution in [0, 0.1) is 6.92 Å². The first-order chi connectivity index (χ1) is 16.9. The molecule has 2 aliphatic heterocycles. The number of ether oxygens (including phenoxy) is 4. The lowest BCUT2D eigenvalue weighted by Crippen LogP contribution is -2.31. The highest BCUT2D eigenvalue weighted by atomic mass is 35.5. The average Bonchev–Trinajstić information content (AvgIpc) is 3.18. The summed E-state index contributed by atoms with van der Waals surface area (Å²) in [5, 5.41) is 0.969. The maximum atomic E-state index is 13.2. The van der Waals surface area contributed by atoms with E-state index < -0.39 is 0 Å². The summed E-state index contributed by atoms with van der Waals surface area (Å²) in [6.45, 7) is 3.49. The highest BCUT2D eigenvalue weighted by Gasteiger charge is 2.35. The van der Waals surface area contributed by atoms with E-state index in [2.05, 4.69) is 4.90 Å². The van der Waals surface area contributed by atoms with Crippen LogP contribution in [-0.2, 0) is 13.1 Å². The topological polar surface area (TPSA) is 57.2 Å². The number of Topliss-reactive ketones (excluding diaryl/α,β-unsaturated/α-hetero) is 1. The molecule has 0 aliphatic carbocycles. The van der Waals surface area contributed by atoms with E-state index in [0.29, 0.717) is 58.2 Å². The predicted molar refractivity (Wildman–Crippen MR) is 135 cm³/mol. The number of allylic oxidation sites excluding steroid dienone is 1. The van der Waals surface area contributed by atoms with Crippen LogP contribution in [0.4, 0.5) is 0 Å². The van der Waals surface area contributed by atoms with E-state index in [0.717, 1.165) is 22.4 Å². The summed E-state index contributed by atoms with van der Waals surface area (Å²) < 4.78 is 23.0. The third-order valence-electron chi connectivity index (χ3n) is 6.09. The number of benzene rings is 3. The van der Waals surface area contributed by atoms with Gasteiger partial charge in [0.2, 0.25) is 5.78 Å². The van der Waals surface area contributed by atoms with E-state index in [1.165, 1.54) is 0 Å². The van der Waals surface area contributed by atoms with Crippen LogP contribution in [0.25, 0.3) is 6.08 Å². The van der Waals surface area contributed by atoms with Crippen molar-refractivity contribution < 1.29 is 23.7 Å². The van der Waals surface area contributed by atoms with Gasteiger partial charge in [-0.1, -0.05) is 35.3 Å². The minimum absolute atomic E-state index is 0.177. The van der Waals surface area contributed by atoms with Gasteiger partial charge in [-0.2, -0.15) is 0 Å². The number of rotatable bonds is 5. The van der Waals surface area contributed by atoms with Crippen molar-refractivity contribution in [3.8, 4) is 23.0 Å². The van der Waals surface area contributed by atoms with Gasteiger partial charge in [0.05, 0.1) is 25.3 Å². The van der Waals surface area contributed by atoms with Crippen molar-refractivity contribution in [2.45, 2.75) is 20.0 Å². The van der Waals surface area contributed by atoms with Crippen molar-refractivity contribution in [3.63, 3.8) is 0 Å². The van der Waals surface area contributed by atoms with Crippen LogP contribution in [-0.4, -0.2) is 31.6 Å². The van der Waals surface area contributed by atoms with Crippen molar-refractivity contribution >= 4 is 35.1 Å². The van der Waals surface area contributed by atoms with Gasteiger partial charge in [0, 0.05) is 23.1 Å². The molecule has 0 radical (unpaired) electrons. The van der Waals surface area contributed by atoms with Gasteiger partial charge in [-0.25, -0.2) is 0 Å². The Bertz CT molecular complexity index is 1370. The third kappa shape index (κ3) is 4.45. The zero-order valence-corrected chi connectivity index (χ0v) is 21.0. The summed E-state index contributed by atoms with van der Waals surface area (Å²) in [5.41, 5.74) is 3.91. The molecule has 35 heavy (non-hydrogen) atoms. The van der Waals surface area contributed by atoms with Crippen LogP contribution >= 0.6 is 23.2 Å². The maximum Gasteiger partial charge on any atom is 0.232 e. The summed E-state index contributed by atoms with van der Waals surface area (Å²) in [4.78, 5) is 15.4. The van der Waals surface area contributed by atoms with Crippen LogP contribution in [0.5, 0.6) is 23.0 Å². The van der Waals surface area contributed by atoms with E-state index in [1.807, 2.05) is 31.2 Å². The molecule has 3 aromatic rings. The summed E-state index contributed by atoms with van der Waals surface area (Å²) in [6.07, 6.45) is 1.65. The number of fused-ring (bicyclic) bond motifs is 3. The SMILES string of the molecule is COc1ccc(CN2COc3cc(C)c4c(c3C2)O/C(=C\c2ccc(Cl)cc2Cl)C4=O)cc1OC. The largest absolute Gasteiger partial charge is 0.493 e. The number of methoxy groups -OCH3 is 2. The first-order valence-electron chi connectivity index (χ1n) is 11.0. The molecule has 8 heteroatoms.